The molecule has 112 valence electrons. The Bertz CT molecular complexity index is 723. The Hall–Kier alpha value is -3.20. The summed E-state index contributed by atoms with van der Waals surface area (Å²) >= 11 is 0. The first-order valence-corrected chi connectivity index (χ1v) is 6.46. The molecule has 2 aromatic rings. The van der Waals surface area contributed by atoms with E-state index in [9.17, 15) is 4.79 Å². The first kappa shape index (κ1) is 15.2. The first-order chi connectivity index (χ1) is 10.7. The number of ether oxygens (including phenoxy) is 2. The van der Waals surface area contributed by atoms with Crippen molar-refractivity contribution in [3.05, 3.63) is 48.0 Å². The highest BCUT2D eigenvalue weighted by Gasteiger charge is 2.09. The summed E-state index contributed by atoms with van der Waals surface area (Å²) in [5, 5.41) is 14.2. The van der Waals surface area contributed by atoms with Gasteiger partial charge in [0.2, 0.25) is 0 Å². The molecule has 2 amide bonds. The number of carbonyl (C=O) groups is 1. The highest BCUT2D eigenvalue weighted by Crippen LogP contribution is 2.29. The summed E-state index contributed by atoms with van der Waals surface area (Å²) in [6.45, 7) is 0. The average Bonchev–Trinajstić information content (AvgIpc) is 2.55. The number of nitrogens with zero attached hydrogens (tertiary/aromatic N) is 1. The monoisotopic (exact) mass is 297 g/mol. The van der Waals surface area contributed by atoms with Gasteiger partial charge < -0.3 is 20.1 Å². The number of urea groups is 1. The van der Waals surface area contributed by atoms with E-state index in [-0.39, 0.29) is 0 Å². The second kappa shape index (κ2) is 6.99. The van der Waals surface area contributed by atoms with Crippen LogP contribution in [0.5, 0.6) is 11.5 Å². The summed E-state index contributed by atoms with van der Waals surface area (Å²) in [5.74, 6) is 1.12. The molecule has 0 heterocycles. The molecule has 0 spiro atoms. The molecule has 0 aromatic heterocycles. The molecule has 0 radical (unpaired) electrons. The SMILES string of the molecule is COc1ccc(NC(=O)Nc2cccc(C#N)c2)c(OC)c1. The molecule has 2 aromatic carbocycles. The lowest BCUT2D eigenvalue weighted by molar-refractivity contribution is 0.262. The van der Waals surface area contributed by atoms with E-state index in [1.807, 2.05) is 6.07 Å². The molecule has 0 unspecified atom stereocenters. The third-order valence-corrected chi connectivity index (χ3v) is 2.91. The minimum atomic E-state index is -0.432. The quantitative estimate of drug-likeness (QED) is 0.907. The number of hydrogen-bond acceptors (Lipinski definition) is 4. The molecule has 6 heteroatoms. The maximum Gasteiger partial charge on any atom is 0.323 e. The Balaban J connectivity index is 2.10. The second-order valence-corrected chi connectivity index (χ2v) is 4.34. The Kier molecular flexibility index (Phi) is 4.83. The molecule has 0 atom stereocenters. The van der Waals surface area contributed by atoms with Gasteiger partial charge in [-0.2, -0.15) is 5.26 Å². The van der Waals surface area contributed by atoms with E-state index in [1.54, 1.807) is 49.6 Å². The smallest absolute Gasteiger partial charge is 0.323 e. The van der Waals surface area contributed by atoms with Crippen molar-refractivity contribution in [1.29, 1.82) is 5.26 Å². The zero-order chi connectivity index (χ0) is 15.9. The number of nitrogens with one attached hydrogen (secondary N) is 2. The topological polar surface area (TPSA) is 83.4 Å². The molecule has 0 aliphatic carbocycles. The van der Waals surface area contributed by atoms with Gasteiger partial charge in [-0.3, -0.25) is 0 Å². The summed E-state index contributed by atoms with van der Waals surface area (Å²) in [4.78, 5) is 12.0. The van der Waals surface area contributed by atoms with Gasteiger partial charge in [-0.05, 0) is 30.3 Å². The molecule has 0 saturated heterocycles. The van der Waals surface area contributed by atoms with Gasteiger partial charge in [0, 0.05) is 11.8 Å². The highest BCUT2D eigenvalue weighted by atomic mass is 16.5. The molecule has 0 aliphatic heterocycles. The van der Waals surface area contributed by atoms with Crippen LogP contribution in [-0.2, 0) is 0 Å². The zero-order valence-corrected chi connectivity index (χ0v) is 12.2. The van der Waals surface area contributed by atoms with Crippen molar-refractivity contribution in [2.24, 2.45) is 0 Å². The summed E-state index contributed by atoms with van der Waals surface area (Å²) < 4.78 is 10.3. The fourth-order valence-corrected chi connectivity index (χ4v) is 1.85. The van der Waals surface area contributed by atoms with E-state index in [4.69, 9.17) is 14.7 Å². The van der Waals surface area contributed by atoms with Crippen molar-refractivity contribution in [3.8, 4) is 17.6 Å². The predicted octanol–water partition coefficient (Wildman–Crippen LogP) is 3.22. The maximum atomic E-state index is 12.0. The molecular weight excluding hydrogens is 282 g/mol. The van der Waals surface area contributed by atoms with Gasteiger partial charge in [-0.1, -0.05) is 6.07 Å². The largest absolute Gasteiger partial charge is 0.497 e. The van der Waals surface area contributed by atoms with Crippen LogP contribution in [0.1, 0.15) is 5.56 Å². The molecule has 0 bridgehead atoms. The van der Waals surface area contributed by atoms with E-state index in [2.05, 4.69) is 10.6 Å². The van der Waals surface area contributed by atoms with Gasteiger partial charge in [-0.25, -0.2) is 4.79 Å². The van der Waals surface area contributed by atoms with Crippen molar-refractivity contribution < 1.29 is 14.3 Å². The number of rotatable bonds is 4. The summed E-state index contributed by atoms with van der Waals surface area (Å²) in [6.07, 6.45) is 0. The molecule has 2 N–H and O–H groups in total. The van der Waals surface area contributed by atoms with Crippen LogP contribution < -0.4 is 20.1 Å². The first-order valence-electron chi connectivity index (χ1n) is 6.46. The van der Waals surface area contributed by atoms with Crippen LogP contribution in [0.2, 0.25) is 0 Å². The maximum absolute atomic E-state index is 12.0. The molecule has 2 rings (SSSR count). The zero-order valence-electron chi connectivity index (χ0n) is 12.2. The molecule has 6 nitrogen and oxygen atoms in total. The van der Waals surface area contributed by atoms with E-state index < -0.39 is 6.03 Å². The van der Waals surface area contributed by atoms with E-state index in [1.165, 1.54) is 7.11 Å². The number of nitriles is 1. The Morgan fingerprint density at radius 3 is 2.59 bits per heavy atom. The second-order valence-electron chi connectivity index (χ2n) is 4.34. The summed E-state index contributed by atoms with van der Waals surface area (Å²) in [6, 6.07) is 13.3. The van der Waals surface area contributed by atoms with Crippen LogP contribution >= 0.6 is 0 Å². The fraction of sp³-hybridized carbons (Fsp3) is 0.125. The van der Waals surface area contributed by atoms with Gasteiger partial charge in [0.15, 0.2) is 0 Å². The van der Waals surface area contributed by atoms with E-state index >= 15 is 0 Å². The van der Waals surface area contributed by atoms with Crippen molar-refractivity contribution in [2.75, 3.05) is 24.9 Å². The predicted molar refractivity (Wildman–Crippen MR) is 83.3 cm³/mol. The van der Waals surface area contributed by atoms with Crippen molar-refractivity contribution in [1.82, 2.24) is 0 Å². The van der Waals surface area contributed by atoms with Gasteiger partial charge >= 0.3 is 6.03 Å². The van der Waals surface area contributed by atoms with Crippen LogP contribution in [0.3, 0.4) is 0 Å². The van der Waals surface area contributed by atoms with Crippen molar-refractivity contribution in [2.45, 2.75) is 0 Å². The third kappa shape index (κ3) is 3.67. The standard InChI is InChI=1S/C16H15N3O3/c1-21-13-6-7-14(15(9-13)22-2)19-16(20)18-12-5-3-4-11(8-12)10-17/h3-9H,1-2H3,(H2,18,19,20). The van der Waals surface area contributed by atoms with Gasteiger partial charge in [0.1, 0.15) is 11.5 Å². The van der Waals surface area contributed by atoms with Crippen LogP contribution in [0.15, 0.2) is 42.5 Å². The molecule has 22 heavy (non-hydrogen) atoms. The van der Waals surface area contributed by atoms with Gasteiger partial charge in [0.05, 0.1) is 31.5 Å². The number of anilines is 2. The van der Waals surface area contributed by atoms with E-state index in [0.29, 0.717) is 28.4 Å². The van der Waals surface area contributed by atoms with Gasteiger partial charge in [-0.15, -0.1) is 0 Å². The van der Waals surface area contributed by atoms with Crippen molar-refractivity contribution in [3.63, 3.8) is 0 Å². The Morgan fingerprint density at radius 2 is 1.91 bits per heavy atom. The third-order valence-electron chi connectivity index (χ3n) is 2.91. The fourth-order valence-electron chi connectivity index (χ4n) is 1.85. The number of benzene rings is 2. The molecular formula is C16H15N3O3. The molecule has 0 aliphatic rings. The number of methoxy groups -OCH3 is 2. The highest BCUT2D eigenvalue weighted by molar-refractivity contribution is 6.00. The summed E-state index contributed by atoms with van der Waals surface area (Å²) in [7, 11) is 3.06. The van der Waals surface area contributed by atoms with Gasteiger partial charge in [0.25, 0.3) is 0 Å². The average molecular weight is 297 g/mol. The minimum absolute atomic E-state index is 0.432. The van der Waals surface area contributed by atoms with Crippen LogP contribution in [0.4, 0.5) is 16.2 Å². The Morgan fingerprint density at radius 1 is 1.09 bits per heavy atom. The number of amides is 2. The molecule has 0 saturated carbocycles. The minimum Gasteiger partial charge on any atom is -0.497 e. The molecule has 0 fully saturated rings. The summed E-state index contributed by atoms with van der Waals surface area (Å²) in [5.41, 5.74) is 1.51. The Labute approximate surface area is 128 Å². The normalized spacial score (nSPS) is 9.50. The lowest BCUT2D eigenvalue weighted by Crippen LogP contribution is -2.19. The number of hydrogen-bond donors (Lipinski definition) is 2. The van der Waals surface area contributed by atoms with Crippen LogP contribution in [0.25, 0.3) is 0 Å². The number of carbonyl (C=O) groups excluding carboxylic acids is 1. The van der Waals surface area contributed by atoms with Crippen molar-refractivity contribution >= 4 is 17.4 Å². The lowest BCUT2D eigenvalue weighted by atomic mass is 10.2. The lowest BCUT2D eigenvalue weighted by Gasteiger charge is -2.12. The van der Waals surface area contributed by atoms with E-state index in [0.717, 1.165) is 0 Å². The van der Waals surface area contributed by atoms with Crippen LogP contribution in [-0.4, -0.2) is 20.3 Å². The van der Waals surface area contributed by atoms with Crippen LogP contribution in [0, 0.1) is 11.3 Å².